The first-order chi connectivity index (χ1) is 13.0. The Balaban J connectivity index is 1.70. The summed E-state index contributed by atoms with van der Waals surface area (Å²) in [6.45, 7) is 0. The minimum atomic E-state index is -0.558. The Kier molecular flexibility index (Phi) is 6.84. The monoisotopic (exact) mass is 377 g/mol. The van der Waals surface area contributed by atoms with Gasteiger partial charge < -0.3 is 26.2 Å². The second-order valence-corrected chi connectivity index (χ2v) is 7.69. The van der Waals surface area contributed by atoms with Gasteiger partial charge in [0.25, 0.3) is 5.91 Å². The van der Waals surface area contributed by atoms with E-state index in [4.69, 9.17) is 10.5 Å². The number of hydrogen-bond acceptors (Lipinski definition) is 7. The van der Waals surface area contributed by atoms with Crippen molar-refractivity contribution in [1.29, 1.82) is 0 Å². The maximum absolute atomic E-state index is 11.8. The van der Waals surface area contributed by atoms with E-state index < -0.39 is 5.91 Å². The average molecular weight is 377 g/mol. The molecule has 0 saturated heterocycles. The van der Waals surface area contributed by atoms with E-state index in [2.05, 4.69) is 20.6 Å². The second kappa shape index (κ2) is 9.32. The van der Waals surface area contributed by atoms with Crippen molar-refractivity contribution in [2.24, 2.45) is 5.73 Å². The summed E-state index contributed by atoms with van der Waals surface area (Å²) in [6.07, 6.45) is 10.1. The van der Waals surface area contributed by atoms with E-state index in [-0.39, 0.29) is 23.8 Å². The fourth-order valence-electron chi connectivity index (χ4n) is 4.06. The van der Waals surface area contributed by atoms with Crippen LogP contribution in [0.4, 0.5) is 11.8 Å². The molecule has 0 aromatic carbocycles. The highest BCUT2D eigenvalue weighted by Crippen LogP contribution is 2.25. The molecule has 0 spiro atoms. The highest BCUT2D eigenvalue weighted by Gasteiger charge is 2.23. The molecule has 2 saturated carbocycles. The standard InChI is InChI=1S/C19H31N5O3/c1-27-15-7-3-4-12(8-9-15)23-19-21-11-16(17(20)26)18(24-19)22-13-5-2-6-14(25)10-13/h11-15,25H,2-10H2,1H3,(H2,20,26)(H2,21,22,23,24)/t12-,13-,14+,15-/m1/s1. The van der Waals surface area contributed by atoms with Crippen LogP contribution >= 0.6 is 0 Å². The third kappa shape index (κ3) is 5.52. The number of nitrogens with two attached hydrogens (primary N) is 1. The molecule has 2 aliphatic rings. The molecule has 27 heavy (non-hydrogen) atoms. The molecule has 3 rings (SSSR count). The molecule has 0 radical (unpaired) electrons. The summed E-state index contributed by atoms with van der Waals surface area (Å²) >= 11 is 0. The van der Waals surface area contributed by atoms with Crippen LogP contribution in [0.15, 0.2) is 6.20 Å². The van der Waals surface area contributed by atoms with Crippen LogP contribution in [-0.4, -0.2) is 52.4 Å². The van der Waals surface area contributed by atoms with Gasteiger partial charge in [0.05, 0.1) is 17.8 Å². The second-order valence-electron chi connectivity index (χ2n) is 7.69. The molecule has 0 unspecified atom stereocenters. The van der Waals surface area contributed by atoms with Crippen molar-refractivity contribution in [2.45, 2.75) is 82.1 Å². The fourth-order valence-corrected chi connectivity index (χ4v) is 4.06. The molecule has 1 heterocycles. The van der Waals surface area contributed by atoms with Gasteiger partial charge in [0.2, 0.25) is 5.95 Å². The number of carbonyl (C=O) groups is 1. The quantitative estimate of drug-likeness (QED) is 0.560. The van der Waals surface area contributed by atoms with E-state index >= 15 is 0 Å². The number of primary amides is 1. The van der Waals surface area contributed by atoms with E-state index in [1.807, 2.05) is 0 Å². The Morgan fingerprint density at radius 3 is 2.67 bits per heavy atom. The van der Waals surface area contributed by atoms with Crippen LogP contribution in [-0.2, 0) is 4.74 Å². The summed E-state index contributed by atoms with van der Waals surface area (Å²) < 4.78 is 5.48. The first-order valence-electron chi connectivity index (χ1n) is 9.96. The third-order valence-electron chi connectivity index (χ3n) is 5.62. The smallest absolute Gasteiger partial charge is 0.254 e. The molecule has 0 aliphatic heterocycles. The van der Waals surface area contributed by atoms with Crippen LogP contribution in [0.25, 0.3) is 0 Å². The van der Waals surface area contributed by atoms with Crippen LogP contribution in [0.5, 0.6) is 0 Å². The SMILES string of the molecule is CO[C@@H]1CCC[C@@H](Nc2ncc(C(N)=O)c(N[C@@H]3CCC[C@H](O)C3)n2)CC1. The summed E-state index contributed by atoms with van der Waals surface area (Å²) in [5, 5.41) is 16.6. The first kappa shape index (κ1) is 19.8. The lowest BCUT2D eigenvalue weighted by Crippen LogP contribution is -2.31. The lowest BCUT2D eigenvalue weighted by Gasteiger charge is -2.27. The van der Waals surface area contributed by atoms with Gasteiger partial charge in [-0.2, -0.15) is 4.98 Å². The summed E-state index contributed by atoms with van der Waals surface area (Å²) in [7, 11) is 1.77. The number of rotatable bonds is 6. The van der Waals surface area contributed by atoms with Gasteiger partial charge in [0, 0.05) is 25.4 Å². The number of aromatic nitrogens is 2. The van der Waals surface area contributed by atoms with Gasteiger partial charge in [-0.15, -0.1) is 0 Å². The van der Waals surface area contributed by atoms with Crippen molar-refractivity contribution in [3.05, 3.63) is 11.8 Å². The topological polar surface area (TPSA) is 122 Å². The molecule has 8 nitrogen and oxygen atoms in total. The van der Waals surface area contributed by atoms with Gasteiger partial charge in [0.15, 0.2) is 0 Å². The predicted octanol–water partition coefficient (Wildman–Crippen LogP) is 2.05. The molecule has 2 fully saturated rings. The summed E-state index contributed by atoms with van der Waals surface area (Å²) in [4.78, 5) is 20.6. The molecule has 0 bridgehead atoms. The lowest BCUT2D eigenvalue weighted by molar-refractivity contribution is 0.0898. The van der Waals surface area contributed by atoms with Gasteiger partial charge in [-0.3, -0.25) is 4.79 Å². The van der Waals surface area contributed by atoms with E-state index in [0.29, 0.717) is 24.3 Å². The van der Waals surface area contributed by atoms with Gasteiger partial charge in [0.1, 0.15) is 5.82 Å². The molecular weight excluding hydrogens is 346 g/mol. The number of aliphatic hydroxyl groups is 1. The van der Waals surface area contributed by atoms with Crippen molar-refractivity contribution in [3.8, 4) is 0 Å². The Morgan fingerprint density at radius 1 is 1.15 bits per heavy atom. The Hall–Kier alpha value is -1.93. The molecule has 1 aromatic rings. The van der Waals surface area contributed by atoms with Crippen LogP contribution in [0, 0.1) is 0 Å². The largest absolute Gasteiger partial charge is 0.393 e. The fraction of sp³-hybridized carbons (Fsp3) is 0.737. The van der Waals surface area contributed by atoms with E-state index in [9.17, 15) is 9.90 Å². The number of hydrogen-bond donors (Lipinski definition) is 4. The van der Waals surface area contributed by atoms with Crippen LogP contribution in [0.1, 0.15) is 68.1 Å². The van der Waals surface area contributed by atoms with Gasteiger partial charge in [-0.05, 0) is 57.8 Å². The highest BCUT2D eigenvalue weighted by molar-refractivity contribution is 5.97. The Morgan fingerprint density at radius 2 is 1.93 bits per heavy atom. The van der Waals surface area contributed by atoms with E-state index in [1.165, 1.54) is 6.20 Å². The zero-order valence-corrected chi connectivity index (χ0v) is 16.0. The number of nitrogens with zero attached hydrogens (tertiary/aromatic N) is 2. The average Bonchev–Trinajstić information content (AvgIpc) is 2.87. The van der Waals surface area contributed by atoms with E-state index in [0.717, 1.165) is 51.4 Å². The number of amides is 1. The zero-order valence-electron chi connectivity index (χ0n) is 16.0. The highest BCUT2D eigenvalue weighted by atomic mass is 16.5. The molecule has 5 N–H and O–H groups in total. The van der Waals surface area contributed by atoms with Crippen molar-refractivity contribution < 1.29 is 14.6 Å². The van der Waals surface area contributed by atoms with Crippen molar-refractivity contribution in [3.63, 3.8) is 0 Å². The minimum absolute atomic E-state index is 0.0786. The molecular formula is C19H31N5O3. The van der Waals surface area contributed by atoms with Crippen LogP contribution < -0.4 is 16.4 Å². The molecule has 1 amide bonds. The number of ether oxygens (including phenoxy) is 1. The summed E-state index contributed by atoms with van der Waals surface area (Å²) in [5.74, 6) is 0.389. The maximum atomic E-state index is 11.8. The predicted molar refractivity (Wildman–Crippen MR) is 104 cm³/mol. The summed E-state index contributed by atoms with van der Waals surface area (Å²) in [6, 6.07) is 0.365. The van der Waals surface area contributed by atoms with Crippen molar-refractivity contribution >= 4 is 17.7 Å². The molecule has 2 aliphatic carbocycles. The maximum Gasteiger partial charge on any atom is 0.254 e. The Labute approximate surface area is 160 Å². The number of nitrogens with one attached hydrogen (secondary N) is 2. The number of aliphatic hydroxyl groups excluding tert-OH is 1. The zero-order chi connectivity index (χ0) is 19.2. The van der Waals surface area contributed by atoms with Crippen LogP contribution in [0.2, 0.25) is 0 Å². The van der Waals surface area contributed by atoms with Gasteiger partial charge in [-0.25, -0.2) is 4.98 Å². The molecule has 4 atom stereocenters. The first-order valence-corrected chi connectivity index (χ1v) is 9.96. The van der Waals surface area contributed by atoms with Gasteiger partial charge in [-0.1, -0.05) is 0 Å². The van der Waals surface area contributed by atoms with Crippen LogP contribution in [0.3, 0.4) is 0 Å². The normalized spacial score (nSPS) is 29.0. The van der Waals surface area contributed by atoms with E-state index in [1.54, 1.807) is 7.11 Å². The van der Waals surface area contributed by atoms with Gasteiger partial charge >= 0.3 is 0 Å². The lowest BCUT2D eigenvalue weighted by atomic mass is 9.93. The minimum Gasteiger partial charge on any atom is -0.393 e. The summed E-state index contributed by atoms with van der Waals surface area (Å²) in [5.41, 5.74) is 5.77. The number of carbonyl (C=O) groups excluding carboxylic acids is 1. The number of anilines is 2. The van der Waals surface area contributed by atoms with Crippen molar-refractivity contribution in [2.75, 3.05) is 17.7 Å². The van der Waals surface area contributed by atoms with Crippen molar-refractivity contribution in [1.82, 2.24) is 9.97 Å². The third-order valence-corrected chi connectivity index (χ3v) is 5.62. The molecule has 8 heteroatoms. The molecule has 1 aromatic heterocycles. The molecule has 150 valence electrons. The number of methoxy groups -OCH3 is 1. The Bertz CT molecular complexity index is 642.